The number of unbranched alkanes of at least 4 members (excludes halogenated alkanes) is 1. The Morgan fingerprint density at radius 2 is 2.10 bits per heavy atom. The van der Waals surface area contributed by atoms with E-state index >= 15 is 0 Å². The number of aryl methyl sites for hydroxylation is 3. The average Bonchev–Trinajstić information content (AvgIpc) is 2.76. The number of pyridine rings is 2. The van der Waals surface area contributed by atoms with Crippen LogP contribution in [0.15, 0.2) is 24.4 Å². The van der Waals surface area contributed by atoms with Gasteiger partial charge < -0.3 is 15.2 Å². The largest absolute Gasteiger partial charge is 0.481 e. The van der Waals surface area contributed by atoms with Crippen LogP contribution in [0.4, 0.5) is 5.82 Å². The number of Topliss-reactive ketones (excluding diaryl/α,β-unsaturated/α-hetero) is 1. The molecule has 0 bridgehead atoms. The minimum Gasteiger partial charge on any atom is -0.481 e. The number of carboxylic acids is 1. The lowest BCUT2D eigenvalue weighted by atomic mass is 9.90. The van der Waals surface area contributed by atoms with Gasteiger partial charge in [-0.25, -0.2) is 9.97 Å². The second kappa shape index (κ2) is 10.9. The number of nitrogens with zero attached hydrogens (tertiary/aromatic N) is 2. The normalized spacial score (nSPS) is 13.7. The molecule has 31 heavy (non-hydrogen) atoms. The van der Waals surface area contributed by atoms with Crippen molar-refractivity contribution in [2.45, 2.75) is 64.2 Å². The summed E-state index contributed by atoms with van der Waals surface area (Å²) in [5.74, 6) is 0.257. The molecule has 3 rings (SSSR count). The molecular weight excluding hydrogens is 394 g/mol. The summed E-state index contributed by atoms with van der Waals surface area (Å²) in [7, 11) is 1.53. The molecule has 7 nitrogen and oxygen atoms in total. The van der Waals surface area contributed by atoms with Gasteiger partial charge in [-0.15, -0.1) is 0 Å². The first-order valence-corrected chi connectivity index (χ1v) is 10.9. The Balaban J connectivity index is 1.50. The van der Waals surface area contributed by atoms with Gasteiger partial charge >= 0.3 is 5.97 Å². The summed E-state index contributed by atoms with van der Waals surface area (Å²) in [6.07, 6.45) is 6.87. The van der Waals surface area contributed by atoms with E-state index in [1.54, 1.807) is 18.3 Å². The molecule has 166 valence electrons. The van der Waals surface area contributed by atoms with Gasteiger partial charge in [0.25, 0.3) is 0 Å². The van der Waals surface area contributed by atoms with Gasteiger partial charge in [0, 0.05) is 43.3 Å². The first kappa shape index (κ1) is 22.7. The smallest absolute Gasteiger partial charge is 0.303 e. The highest BCUT2D eigenvalue weighted by molar-refractivity contribution is 5.80. The molecule has 0 fully saturated rings. The average molecular weight is 426 g/mol. The van der Waals surface area contributed by atoms with Gasteiger partial charge in [-0.3, -0.25) is 9.59 Å². The fourth-order valence-electron chi connectivity index (χ4n) is 4.05. The summed E-state index contributed by atoms with van der Waals surface area (Å²) in [6, 6.07) is 5.71. The van der Waals surface area contributed by atoms with Crippen molar-refractivity contribution >= 4 is 17.6 Å². The molecule has 1 atom stereocenters. The van der Waals surface area contributed by atoms with Crippen molar-refractivity contribution in [1.29, 1.82) is 0 Å². The van der Waals surface area contributed by atoms with Crippen LogP contribution in [-0.2, 0) is 22.4 Å². The summed E-state index contributed by atoms with van der Waals surface area (Å²) in [5, 5.41) is 12.6. The summed E-state index contributed by atoms with van der Waals surface area (Å²) in [6.45, 7) is 3.07. The molecule has 0 aromatic carbocycles. The van der Waals surface area contributed by atoms with E-state index in [0.717, 1.165) is 55.7 Å². The Labute approximate surface area is 183 Å². The van der Waals surface area contributed by atoms with Crippen LogP contribution in [-0.4, -0.2) is 40.5 Å². The van der Waals surface area contributed by atoms with Crippen LogP contribution in [0.3, 0.4) is 0 Å². The highest BCUT2D eigenvalue weighted by Gasteiger charge is 2.20. The van der Waals surface area contributed by atoms with E-state index in [9.17, 15) is 14.7 Å². The third kappa shape index (κ3) is 6.51. The minimum atomic E-state index is -0.920. The number of carboxylic acid groups (broad SMARTS) is 1. The maximum atomic E-state index is 12.5. The Morgan fingerprint density at radius 1 is 1.26 bits per heavy atom. The number of hydrogen-bond donors (Lipinski definition) is 2. The standard InChI is InChI=1S/C24H31N3O4/c1-16-12-17-6-5-11-25-24(17)27-21(16)8-4-3-7-20(28)13-19(14-23(29)30)18-9-10-22(31-2)26-15-18/h9-10,12,15,19H,3-8,11,13-14H2,1-2H3,(H,25,27)(H,29,30)/t19-/m0/s1. The lowest BCUT2D eigenvalue weighted by Crippen LogP contribution is -2.15. The molecule has 3 heterocycles. The van der Waals surface area contributed by atoms with Crippen molar-refractivity contribution in [2.24, 2.45) is 0 Å². The van der Waals surface area contributed by atoms with Gasteiger partial charge in [-0.05, 0) is 55.7 Å². The Kier molecular flexibility index (Phi) is 7.98. The number of rotatable bonds is 11. The van der Waals surface area contributed by atoms with Crippen molar-refractivity contribution in [3.63, 3.8) is 0 Å². The lowest BCUT2D eigenvalue weighted by Gasteiger charge is -2.19. The van der Waals surface area contributed by atoms with Crippen LogP contribution < -0.4 is 10.1 Å². The second-order valence-corrected chi connectivity index (χ2v) is 8.17. The third-order valence-corrected chi connectivity index (χ3v) is 5.77. The van der Waals surface area contributed by atoms with Crippen molar-refractivity contribution in [1.82, 2.24) is 9.97 Å². The molecule has 0 spiro atoms. The highest BCUT2D eigenvalue weighted by atomic mass is 16.5. The number of methoxy groups -OCH3 is 1. The Hall–Kier alpha value is -2.96. The number of anilines is 1. The molecule has 7 heteroatoms. The number of fused-ring (bicyclic) bond motifs is 1. The van der Waals surface area contributed by atoms with E-state index < -0.39 is 5.97 Å². The summed E-state index contributed by atoms with van der Waals surface area (Å²) >= 11 is 0. The number of ether oxygens (including phenoxy) is 1. The number of carbonyl (C=O) groups is 2. The van der Waals surface area contributed by atoms with E-state index in [4.69, 9.17) is 9.72 Å². The molecule has 0 aliphatic carbocycles. The SMILES string of the molecule is COc1ccc([C@H](CC(=O)O)CC(=O)CCCCc2nc3c(cc2C)CCCN3)cn1. The molecule has 0 unspecified atom stereocenters. The molecule has 0 radical (unpaired) electrons. The van der Waals surface area contributed by atoms with Crippen LogP contribution in [0.2, 0.25) is 0 Å². The molecule has 0 saturated carbocycles. The highest BCUT2D eigenvalue weighted by Crippen LogP contribution is 2.26. The molecule has 1 aliphatic rings. The predicted molar refractivity (Wildman–Crippen MR) is 119 cm³/mol. The minimum absolute atomic E-state index is 0.0823. The summed E-state index contributed by atoms with van der Waals surface area (Å²) in [5.41, 5.74) is 4.34. The van der Waals surface area contributed by atoms with Crippen LogP contribution in [0.25, 0.3) is 0 Å². The molecule has 0 saturated heterocycles. The Bertz CT molecular complexity index is 912. The number of hydrogen-bond acceptors (Lipinski definition) is 6. The molecule has 0 amide bonds. The fraction of sp³-hybridized carbons (Fsp3) is 0.500. The number of aromatic nitrogens is 2. The van der Waals surface area contributed by atoms with Crippen molar-refractivity contribution in [3.8, 4) is 5.88 Å². The van der Waals surface area contributed by atoms with E-state index in [1.807, 2.05) is 0 Å². The van der Waals surface area contributed by atoms with Gasteiger partial charge in [-0.1, -0.05) is 12.1 Å². The molecule has 2 aromatic rings. The summed E-state index contributed by atoms with van der Waals surface area (Å²) in [4.78, 5) is 32.7. The van der Waals surface area contributed by atoms with Crippen LogP contribution >= 0.6 is 0 Å². The lowest BCUT2D eigenvalue weighted by molar-refractivity contribution is -0.137. The van der Waals surface area contributed by atoms with E-state index in [1.165, 1.54) is 18.2 Å². The quantitative estimate of drug-likeness (QED) is 0.523. The fourth-order valence-corrected chi connectivity index (χ4v) is 4.05. The predicted octanol–water partition coefficient (Wildman–Crippen LogP) is 4.08. The van der Waals surface area contributed by atoms with Crippen LogP contribution in [0.1, 0.15) is 66.8 Å². The third-order valence-electron chi connectivity index (χ3n) is 5.77. The number of nitrogens with one attached hydrogen (secondary N) is 1. The number of aliphatic carboxylic acids is 1. The number of carbonyl (C=O) groups excluding carboxylic acids is 1. The van der Waals surface area contributed by atoms with Gasteiger partial charge in [0.15, 0.2) is 0 Å². The van der Waals surface area contributed by atoms with Crippen LogP contribution in [0, 0.1) is 6.92 Å². The van der Waals surface area contributed by atoms with Crippen molar-refractivity contribution in [2.75, 3.05) is 19.0 Å². The first-order valence-electron chi connectivity index (χ1n) is 10.9. The maximum Gasteiger partial charge on any atom is 0.303 e. The summed E-state index contributed by atoms with van der Waals surface area (Å²) < 4.78 is 5.05. The molecular formula is C24H31N3O4. The first-order chi connectivity index (χ1) is 15.0. The molecule has 2 aromatic heterocycles. The van der Waals surface area contributed by atoms with Gasteiger partial charge in [0.2, 0.25) is 5.88 Å². The maximum absolute atomic E-state index is 12.5. The van der Waals surface area contributed by atoms with Crippen LogP contribution in [0.5, 0.6) is 5.88 Å². The van der Waals surface area contributed by atoms with E-state index in [0.29, 0.717) is 12.3 Å². The molecule has 1 aliphatic heterocycles. The van der Waals surface area contributed by atoms with Crippen molar-refractivity contribution < 1.29 is 19.4 Å². The second-order valence-electron chi connectivity index (χ2n) is 8.17. The monoisotopic (exact) mass is 425 g/mol. The van der Waals surface area contributed by atoms with E-state index in [-0.39, 0.29) is 24.5 Å². The van der Waals surface area contributed by atoms with Gasteiger partial charge in [0.05, 0.1) is 13.5 Å². The van der Waals surface area contributed by atoms with Gasteiger partial charge in [0.1, 0.15) is 11.6 Å². The zero-order valence-electron chi connectivity index (χ0n) is 18.3. The van der Waals surface area contributed by atoms with E-state index in [2.05, 4.69) is 23.3 Å². The zero-order chi connectivity index (χ0) is 22.2. The topological polar surface area (TPSA) is 101 Å². The molecule has 2 N–H and O–H groups in total. The van der Waals surface area contributed by atoms with Crippen molar-refractivity contribution in [3.05, 3.63) is 46.8 Å². The van der Waals surface area contributed by atoms with Gasteiger partial charge in [-0.2, -0.15) is 0 Å². The zero-order valence-corrected chi connectivity index (χ0v) is 18.3. The Morgan fingerprint density at radius 3 is 2.81 bits per heavy atom. The number of ketones is 1.